The average Bonchev–Trinajstić information content (AvgIpc) is 3.32. The molecule has 1 aromatic heterocycles. The van der Waals surface area contributed by atoms with Crippen molar-refractivity contribution in [3.8, 4) is 0 Å². The average molecular weight is 421 g/mol. The van der Waals surface area contributed by atoms with Gasteiger partial charge in [0.1, 0.15) is 5.76 Å². The lowest BCUT2D eigenvalue weighted by atomic mass is 10.0. The molecule has 0 amide bonds. The van der Waals surface area contributed by atoms with E-state index in [4.69, 9.17) is 18.9 Å². The molecule has 170 valence electrons. The number of piperidine rings is 1. The van der Waals surface area contributed by atoms with Crippen LogP contribution in [0.1, 0.15) is 57.3 Å². The van der Waals surface area contributed by atoms with E-state index in [9.17, 15) is 0 Å². The fraction of sp³-hybridized carbons (Fsp3) is 0.783. The van der Waals surface area contributed by atoms with E-state index >= 15 is 0 Å². The van der Waals surface area contributed by atoms with E-state index in [1.165, 1.54) is 19.3 Å². The lowest BCUT2D eigenvalue weighted by Gasteiger charge is -2.32. The zero-order chi connectivity index (χ0) is 20.9. The van der Waals surface area contributed by atoms with Gasteiger partial charge in [0, 0.05) is 39.5 Å². The first-order valence-electron chi connectivity index (χ1n) is 11.8. The normalized spacial score (nSPS) is 20.2. The maximum Gasteiger partial charge on any atom is 0.191 e. The molecule has 3 heterocycles. The third-order valence-electron chi connectivity index (χ3n) is 5.92. The molecule has 2 aliphatic heterocycles. The lowest BCUT2D eigenvalue weighted by Crippen LogP contribution is -2.40. The monoisotopic (exact) mass is 420 g/mol. The summed E-state index contributed by atoms with van der Waals surface area (Å²) in [6, 6.07) is 4.25. The second-order valence-electron chi connectivity index (χ2n) is 8.26. The van der Waals surface area contributed by atoms with Crippen molar-refractivity contribution in [2.24, 2.45) is 10.9 Å². The van der Waals surface area contributed by atoms with Crippen LogP contribution in [-0.4, -0.2) is 70.0 Å². The molecule has 2 saturated heterocycles. The Morgan fingerprint density at radius 3 is 2.80 bits per heavy atom. The molecule has 0 radical (unpaired) electrons. The summed E-state index contributed by atoms with van der Waals surface area (Å²) in [6.45, 7) is 10.2. The van der Waals surface area contributed by atoms with E-state index < -0.39 is 0 Å². The van der Waals surface area contributed by atoms with Crippen LogP contribution in [0.2, 0.25) is 0 Å². The molecule has 0 bridgehead atoms. The number of nitrogens with zero attached hydrogens (tertiary/aromatic N) is 2. The minimum atomic E-state index is 0.207. The van der Waals surface area contributed by atoms with E-state index in [2.05, 4.69) is 28.5 Å². The largest absolute Gasteiger partial charge is 0.468 e. The molecule has 2 aliphatic rings. The van der Waals surface area contributed by atoms with Crippen molar-refractivity contribution >= 4 is 5.96 Å². The van der Waals surface area contributed by atoms with Crippen molar-refractivity contribution in [2.75, 3.05) is 59.2 Å². The van der Waals surface area contributed by atoms with Crippen LogP contribution in [-0.2, 0) is 9.47 Å². The van der Waals surface area contributed by atoms with Gasteiger partial charge < -0.3 is 24.5 Å². The van der Waals surface area contributed by atoms with Gasteiger partial charge >= 0.3 is 0 Å². The summed E-state index contributed by atoms with van der Waals surface area (Å²) in [5, 5.41) is 6.82. The highest BCUT2D eigenvalue weighted by molar-refractivity contribution is 5.79. The summed E-state index contributed by atoms with van der Waals surface area (Å²) in [5.41, 5.74) is 0. The number of aliphatic imine (C=N–C) groups is 1. The van der Waals surface area contributed by atoms with Crippen LogP contribution in [0.4, 0.5) is 0 Å². The van der Waals surface area contributed by atoms with Crippen LogP contribution >= 0.6 is 0 Å². The van der Waals surface area contributed by atoms with Crippen LogP contribution in [0, 0.1) is 5.92 Å². The van der Waals surface area contributed by atoms with Gasteiger partial charge in [-0.1, -0.05) is 6.42 Å². The highest BCUT2D eigenvalue weighted by Gasteiger charge is 2.24. The Balaban J connectivity index is 1.41. The van der Waals surface area contributed by atoms with Gasteiger partial charge in [-0.15, -0.1) is 0 Å². The Bertz CT molecular complexity index is 581. The molecule has 0 saturated carbocycles. The third-order valence-corrected chi connectivity index (χ3v) is 5.92. The van der Waals surface area contributed by atoms with E-state index in [1.54, 1.807) is 6.26 Å². The van der Waals surface area contributed by atoms with E-state index in [-0.39, 0.29) is 6.04 Å². The van der Waals surface area contributed by atoms with Gasteiger partial charge in [0.15, 0.2) is 5.96 Å². The quantitative estimate of drug-likeness (QED) is 0.325. The fourth-order valence-electron chi connectivity index (χ4n) is 4.16. The van der Waals surface area contributed by atoms with Gasteiger partial charge in [0.2, 0.25) is 0 Å². The highest BCUT2D eigenvalue weighted by atomic mass is 16.5. The molecule has 0 aliphatic carbocycles. The number of nitrogens with one attached hydrogen (secondary N) is 2. The minimum absolute atomic E-state index is 0.207. The number of likely N-dealkylation sites (tertiary alicyclic amines) is 1. The van der Waals surface area contributed by atoms with Gasteiger partial charge in [-0.05, 0) is 70.2 Å². The van der Waals surface area contributed by atoms with Crippen LogP contribution in [0.3, 0.4) is 0 Å². The number of rotatable bonds is 11. The van der Waals surface area contributed by atoms with Crippen LogP contribution in [0.5, 0.6) is 0 Å². The summed E-state index contributed by atoms with van der Waals surface area (Å²) in [5.74, 6) is 2.55. The SMILES string of the molecule is CCNC(=NCC(c1ccco1)N1CCCCC1)NCCCOCC1CCOCC1. The third kappa shape index (κ3) is 7.93. The molecule has 7 nitrogen and oxygen atoms in total. The van der Waals surface area contributed by atoms with Crippen LogP contribution in [0.15, 0.2) is 27.8 Å². The number of hydrogen-bond donors (Lipinski definition) is 2. The maximum absolute atomic E-state index is 5.87. The Kier molecular flexibility index (Phi) is 10.5. The van der Waals surface area contributed by atoms with Crippen molar-refractivity contribution in [2.45, 2.75) is 51.5 Å². The van der Waals surface area contributed by atoms with Gasteiger partial charge in [-0.25, -0.2) is 0 Å². The molecule has 2 fully saturated rings. The van der Waals surface area contributed by atoms with E-state index in [0.29, 0.717) is 12.5 Å². The molecular formula is C23H40N4O3. The van der Waals surface area contributed by atoms with Crippen molar-refractivity contribution in [1.82, 2.24) is 15.5 Å². The molecule has 7 heteroatoms. The fourth-order valence-corrected chi connectivity index (χ4v) is 4.16. The number of hydrogen-bond acceptors (Lipinski definition) is 5. The minimum Gasteiger partial charge on any atom is -0.468 e. The predicted octanol–water partition coefficient (Wildman–Crippen LogP) is 3.20. The first-order chi connectivity index (χ1) is 14.9. The molecule has 1 atom stereocenters. The number of ether oxygens (including phenoxy) is 2. The highest BCUT2D eigenvalue weighted by Crippen LogP contribution is 2.25. The second kappa shape index (κ2) is 13.7. The lowest BCUT2D eigenvalue weighted by molar-refractivity contribution is 0.0203. The molecular weight excluding hydrogens is 380 g/mol. The Labute approximate surface area is 181 Å². The summed E-state index contributed by atoms with van der Waals surface area (Å²) < 4.78 is 17.0. The van der Waals surface area contributed by atoms with Gasteiger partial charge in [0.05, 0.1) is 18.8 Å². The van der Waals surface area contributed by atoms with E-state index in [1.807, 2.05) is 6.07 Å². The molecule has 1 aromatic rings. The summed E-state index contributed by atoms with van der Waals surface area (Å²) >= 11 is 0. The van der Waals surface area contributed by atoms with Crippen molar-refractivity contribution < 1.29 is 13.9 Å². The molecule has 1 unspecified atom stereocenters. The molecule has 2 N–H and O–H groups in total. The Morgan fingerprint density at radius 2 is 2.07 bits per heavy atom. The van der Waals surface area contributed by atoms with E-state index in [0.717, 1.165) is 83.6 Å². The first-order valence-corrected chi connectivity index (χ1v) is 11.8. The number of guanidine groups is 1. The first kappa shape index (κ1) is 23.1. The van der Waals surface area contributed by atoms with Gasteiger partial charge in [0.25, 0.3) is 0 Å². The zero-order valence-corrected chi connectivity index (χ0v) is 18.6. The standard InChI is InChI=1S/C23H40N4O3/c1-2-24-23(25-11-7-14-29-19-20-9-16-28-17-10-20)26-18-21(22-8-6-15-30-22)27-12-4-3-5-13-27/h6,8,15,20-21H,2-5,7,9-14,16-19H2,1H3,(H2,24,25,26). The van der Waals surface area contributed by atoms with Crippen LogP contribution in [0.25, 0.3) is 0 Å². The predicted molar refractivity (Wildman–Crippen MR) is 120 cm³/mol. The van der Waals surface area contributed by atoms with Crippen molar-refractivity contribution in [3.05, 3.63) is 24.2 Å². The molecule has 0 aromatic carbocycles. The molecule has 3 rings (SSSR count). The van der Waals surface area contributed by atoms with Gasteiger partial charge in [-0.3, -0.25) is 9.89 Å². The summed E-state index contributed by atoms with van der Waals surface area (Å²) in [4.78, 5) is 7.39. The Morgan fingerprint density at radius 1 is 1.23 bits per heavy atom. The maximum atomic E-state index is 5.87. The topological polar surface area (TPSA) is 71.3 Å². The second-order valence-corrected chi connectivity index (χ2v) is 8.26. The summed E-state index contributed by atoms with van der Waals surface area (Å²) in [6.07, 6.45) is 8.83. The molecule has 0 spiro atoms. The van der Waals surface area contributed by atoms with Crippen molar-refractivity contribution in [1.29, 1.82) is 0 Å². The molecule has 30 heavy (non-hydrogen) atoms. The Hall–Kier alpha value is -1.57. The van der Waals surface area contributed by atoms with Gasteiger partial charge in [-0.2, -0.15) is 0 Å². The number of furan rings is 1. The summed E-state index contributed by atoms with van der Waals surface area (Å²) in [7, 11) is 0. The smallest absolute Gasteiger partial charge is 0.191 e. The van der Waals surface area contributed by atoms with Crippen LogP contribution < -0.4 is 10.6 Å². The zero-order valence-electron chi connectivity index (χ0n) is 18.6. The van der Waals surface area contributed by atoms with Crippen molar-refractivity contribution in [3.63, 3.8) is 0 Å².